The van der Waals surface area contributed by atoms with E-state index in [4.69, 9.17) is 0 Å². The van der Waals surface area contributed by atoms with Gasteiger partial charge in [-0.05, 0) is 20.8 Å². The number of rotatable bonds is 2. The zero-order valence-electron chi connectivity index (χ0n) is 8.62. The molecule has 78 valence electrons. The van der Waals surface area contributed by atoms with Crippen LogP contribution >= 0.6 is 0 Å². The average Bonchev–Trinajstić information content (AvgIpc) is 1.94. The van der Waals surface area contributed by atoms with E-state index in [1.165, 1.54) is 0 Å². The van der Waals surface area contributed by atoms with E-state index in [0.29, 0.717) is 6.54 Å². The quantitative estimate of drug-likeness (QED) is 0.700. The number of nitrogens with zero attached hydrogens (tertiary/aromatic N) is 1. The summed E-state index contributed by atoms with van der Waals surface area (Å²) in [6, 6.07) is 0. The Morgan fingerprint density at radius 1 is 1.62 bits per heavy atom. The first kappa shape index (κ1) is 11.1. The molecule has 0 spiro atoms. The molecule has 0 aromatic carbocycles. The van der Waals surface area contributed by atoms with Gasteiger partial charge in [0.1, 0.15) is 0 Å². The van der Waals surface area contributed by atoms with Gasteiger partial charge in [0, 0.05) is 41.4 Å². The van der Waals surface area contributed by atoms with Crippen molar-refractivity contribution < 1.29 is 9.32 Å². The van der Waals surface area contributed by atoms with Crippen LogP contribution in [0.5, 0.6) is 0 Å². The van der Waals surface area contributed by atoms with Gasteiger partial charge in [-0.3, -0.25) is 9.11 Å². The predicted octanol–water partition coefficient (Wildman–Crippen LogP) is 0.210. The molecule has 4 heteroatoms. The smallest absolute Gasteiger partial charge is 0.0718 e. The van der Waals surface area contributed by atoms with Crippen LogP contribution in [-0.4, -0.2) is 50.5 Å². The zero-order chi connectivity index (χ0) is 10.1. The van der Waals surface area contributed by atoms with Crippen molar-refractivity contribution in [2.75, 3.05) is 25.4 Å². The van der Waals surface area contributed by atoms with Gasteiger partial charge >= 0.3 is 0 Å². The minimum Gasteiger partial charge on any atom is -0.389 e. The summed E-state index contributed by atoms with van der Waals surface area (Å²) in [5, 5.41) is 9.85. The largest absolute Gasteiger partial charge is 0.389 e. The Kier molecular flexibility index (Phi) is 3.49. The topological polar surface area (TPSA) is 40.5 Å². The first-order chi connectivity index (χ1) is 5.88. The summed E-state index contributed by atoms with van der Waals surface area (Å²) < 4.78 is 11.3. The molecule has 0 aromatic heterocycles. The summed E-state index contributed by atoms with van der Waals surface area (Å²) in [5.74, 6) is 0.747. The first-order valence-electron chi connectivity index (χ1n) is 4.70. The standard InChI is InChI=1S/C9H19NO2S/c1-8-6-10(4-5-13(8)12)7-9(2,3)11/h8,11H,4-7H2,1-3H3. The summed E-state index contributed by atoms with van der Waals surface area (Å²) >= 11 is 0. The lowest BCUT2D eigenvalue weighted by molar-refractivity contribution is 0.0374. The van der Waals surface area contributed by atoms with Gasteiger partial charge in [0.2, 0.25) is 0 Å². The highest BCUT2D eigenvalue weighted by atomic mass is 32.2. The highest BCUT2D eigenvalue weighted by Crippen LogP contribution is 2.11. The maximum atomic E-state index is 11.3. The van der Waals surface area contributed by atoms with E-state index < -0.39 is 16.4 Å². The molecule has 0 amide bonds. The number of aliphatic hydroxyl groups is 1. The molecule has 1 saturated heterocycles. The third-order valence-corrected chi connectivity index (χ3v) is 3.81. The number of hydrogen-bond donors (Lipinski definition) is 1. The zero-order valence-corrected chi connectivity index (χ0v) is 9.43. The predicted molar refractivity (Wildman–Crippen MR) is 55.2 cm³/mol. The number of β-amino-alcohol motifs (C(OH)–C–C–N with tert-alkyl or cyclic N) is 1. The Balaban J connectivity index is 2.42. The molecule has 0 radical (unpaired) electrons. The van der Waals surface area contributed by atoms with Crippen molar-refractivity contribution in [3.63, 3.8) is 0 Å². The van der Waals surface area contributed by atoms with Crippen molar-refractivity contribution >= 4 is 10.8 Å². The summed E-state index contributed by atoms with van der Waals surface area (Å²) in [6.07, 6.45) is 0. The van der Waals surface area contributed by atoms with E-state index >= 15 is 0 Å². The molecule has 0 aliphatic carbocycles. The highest BCUT2D eigenvalue weighted by molar-refractivity contribution is 7.85. The average molecular weight is 205 g/mol. The fourth-order valence-corrected chi connectivity index (χ4v) is 2.87. The van der Waals surface area contributed by atoms with Crippen LogP contribution in [0.4, 0.5) is 0 Å². The Labute approximate surface area is 82.6 Å². The van der Waals surface area contributed by atoms with Gasteiger partial charge in [-0.25, -0.2) is 0 Å². The van der Waals surface area contributed by atoms with Crippen LogP contribution < -0.4 is 0 Å². The van der Waals surface area contributed by atoms with Crippen LogP contribution in [0.25, 0.3) is 0 Å². The third kappa shape index (κ3) is 3.75. The lowest BCUT2D eigenvalue weighted by Gasteiger charge is -2.34. The van der Waals surface area contributed by atoms with Crippen LogP contribution in [0.15, 0.2) is 0 Å². The van der Waals surface area contributed by atoms with Crippen molar-refractivity contribution in [2.45, 2.75) is 31.6 Å². The molecular weight excluding hydrogens is 186 g/mol. The maximum Gasteiger partial charge on any atom is 0.0718 e. The van der Waals surface area contributed by atoms with Gasteiger partial charge in [0.15, 0.2) is 0 Å². The van der Waals surface area contributed by atoms with Crippen molar-refractivity contribution in [3.05, 3.63) is 0 Å². The van der Waals surface area contributed by atoms with Crippen molar-refractivity contribution in [3.8, 4) is 0 Å². The van der Waals surface area contributed by atoms with E-state index in [-0.39, 0.29) is 5.25 Å². The molecule has 1 aliphatic rings. The maximum absolute atomic E-state index is 11.3. The first-order valence-corrected chi connectivity index (χ1v) is 6.08. The molecule has 0 aromatic rings. The van der Waals surface area contributed by atoms with E-state index in [2.05, 4.69) is 4.90 Å². The molecule has 1 aliphatic heterocycles. The molecule has 1 rings (SSSR count). The fraction of sp³-hybridized carbons (Fsp3) is 1.00. The van der Waals surface area contributed by atoms with Crippen LogP contribution in [0.2, 0.25) is 0 Å². The Morgan fingerprint density at radius 3 is 2.69 bits per heavy atom. The van der Waals surface area contributed by atoms with Gasteiger partial charge in [-0.2, -0.15) is 0 Å². The summed E-state index contributed by atoms with van der Waals surface area (Å²) in [5.41, 5.74) is -0.640. The number of hydrogen-bond acceptors (Lipinski definition) is 3. The van der Waals surface area contributed by atoms with Gasteiger partial charge < -0.3 is 5.11 Å². The molecule has 1 N–H and O–H groups in total. The molecule has 0 saturated carbocycles. The van der Waals surface area contributed by atoms with Crippen molar-refractivity contribution in [1.29, 1.82) is 0 Å². The molecule has 1 heterocycles. The van der Waals surface area contributed by atoms with E-state index in [9.17, 15) is 9.32 Å². The SMILES string of the molecule is CC1CN(CC(C)(C)O)CCS1=O. The molecule has 2 atom stereocenters. The van der Waals surface area contributed by atoms with Crippen LogP contribution in [0, 0.1) is 0 Å². The van der Waals surface area contributed by atoms with Crippen molar-refractivity contribution in [2.24, 2.45) is 0 Å². The van der Waals surface area contributed by atoms with Gasteiger partial charge in [-0.1, -0.05) is 0 Å². The molecule has 2 unspecified atom stereocenters. The monoisotopic (exact) mass is 205 g/mol. The van der Waals surface area contributed by atoms with E-state index in [0.717, 1.165) is 18.8 Å². The summed E-state index contributed by atoms with van der Waals surface area (Å²) in [6.45, 7) is 7.99. The van der Waals surface area contributed by atoms with Crippen LogP contribution in [0.1, 0.15) is 20.8 Å². The Hall–Kier alpha value is 0.0700. The van der Waals surface area contributed by atoms with Crippen LogP contribution in [0.3, 0.4) is 0 Å². The van der Waals surface area contributed by atoms with Gasteiger partial charge in [0.25, 0.3) is 0 Å². The second-order valence-electron chi connectivity index (χ2n) is 4.44. The third-order valence-electron chi connectivity index (χ3n) is 2.18. The summed E-state index contributed by atoms with van der Waals surface area (Å²) in [4.78, 5) is 2.19. The second-order valence-corrected chi connectivity index (χ2v) is 6.42. The molecular formula is C9H19NO2S. The van der Waals surface area contributed by atoms with Gasteiger partial charge in [-0.15, -0.1) is 0 Å². The highest BCUT2D eigenvalue weighted by Gasteiger charge is 2.26. The van der Waals surface area contributed by atoms with Crippen LogP contribution in [-0.2, 0) is 10.8 Å². The fourth-order valence-electron chi connectivity index (χ4n) is 1.65. The normalized spacial score (nSPS) is 32.0. The molecule has 13 heavy (non-hydrogen) atoms. The second kappa shape index (κ2) is 4.07. The minimum atomic E-state index is -0.657. The molecule has 0 bridgehead atoms. The minimum absolute atomic E-state index is 0.246. The van der Waals surface area contributed by atoms with E-state index in [1.807, 2.05) is 20.8 Å². The molecule has 1 fully saturated rings. The Morgan fingerprint density at radius 2 is 2.23 bits per heavy atom. The lowest BCUT2D eigenvalue weighted by Crippen LogP contribution is -2.48. The van der Waals surface area contributed by atoms with E-state index in [1.54, 1.807) is 0 Å². The van der Waals surface area contributed by atoms with Crippen molar-refractivity contribution in [1.82, 2.24) is 4.90 Å². The molecule has 3 nitrogen and oxygen atoms in total. The van der Waals surface area contributed by atoms with Gasteiger partial charge in [0.05, 0.1) is 5.60 Å². The Bertz CT molecular complexity index is 200. The lowest BCUT2D eigenvalue weighted by atomic mass is 10.1. The summed E-state index contributed by atoms with van der Waals surface area (Å²) in [7, 11) is -0.657.